The number of urea groups is 1. The van der Waals surface area contributed by atoms with E-state index in [4.69, 9.17) is 9.72 Å². The largest absolute Gasteiger partial charge is 0.368 e. The monoisotopic (exact) mass is 377 g/mol. The number of nitrogens with one attached hydrogen (secondary N) is 1. The van der Waals surface area contributed by atoms with Gasteiger partial charge in [-0.15, -0.1) is 0 Å². The quantitative estimate of drug-likeness (QED) is 0.866. The Morgan fingerprint density at radius 3 is 3.00 bits per heavy atom. The summed E-state index contributed by atoms with van der Waals surface area (Å²) in [5.74, 6) is 2.00. The Hall–Kier alpha value is -1.54. The summed E-state index contributed by atoms with van der Waals surface area (Å²) in [6.07, 6.45) is 6.48. The molecule has 26 heavy (non-hydrogen) atoms. The molecule has 3 aliphatic rings. The molecular weight excluding hydrogens is 350 g/mol. The molecule has 3 saturated heterocycles. The number of thioether (sulfide) groups is 1. The van der Waals surface area contributed by atoms with E-state index in [1.54, 1.807) is 6.20 Å². The van der Waals surface area contributed by atoms with E-state index in [1.807, 2.05) is 22.7 Å². The molecule has 1 aromatic heterocycles. The second-order valence-electron chi connectivity index (χ2n) is 7.10. The lowest BCUT2D eigenvalue weighted by molar-refractivity contribution is -0.0176. The zero-order chi connectivity index (χ0) is 17.8. The fourth-order valence-electron chi connectivity index (χ4n) is 3.74. The second-order valence-corrected chi connectivity index (χ2v) is 8.51. The molecule has 0 aliphatic carbocycles. The van der Waals surface area contributed by atoms with Crippen LogP contribution in [0, 0.1) is 0 Å². The number of hydrogen-bond acceptors (Lipinski definition) is 6. The van der Waals surface area contributed by atoms with Gasteiger partial charge in [0.2, 0.25) is 5.95 Å². The van der Waals surface area contributed by atoms with Gasteiger partial charge in [-0.3, -0.25) is 0 Å². The van der Waals surface area contributed by atoms with Crippen LogP contribution in [0.3, 0.4) is 0 Å². The number of anilines is 1. The number of aromatic nitrogens is 2. The summed E-state index contributed by atoms with van der Waals surface area (Å²) in [5, 5.41) is 3.66. The summed E-state index contributed by atoms with van der Waals surface area (Å²) in [5.41, 5.74) is 0.866. The predicted octanol–water partition coefficient (Wildman–Crippen LogP) is 2.06. The van der Waals surface area contributed by atoms with Crippen molar-refractivity contribution in [2.24, 2.45) is 0 Å². The van der Waals surface area contributed by atoms with Crippen molar-refractivity contribution in [3.05, 3.63) is 18.0 Å². The van der Waals surface area contributed by atoms with Gasteiger partial charge in [0.05, 0.1) is 18.8 Å². The van der Waals surface area contributed by atoms with Crippen molar-refractivity contribution in [1.29, 1.82) is 0 Å². The van der Waals surface area contributed by atoms with Crippen molar-refractivity contribution in [3.8, 4) is 0 Å². The molecule has 0 saturated carbocycles. The highest BCUT2D eigenvalue weighted by Gasteiger charge is 2.28. The first kappa shape index (κ1) is 17.9. The Balaban J connectivity index is 1.35. The van der Waals surface area contributed by atoms with Gasteiger partial charge in [0.1, 0.15) is 6.10 Å². The van der Waals surface area contributed by atoms with E-state index < -0.39 is 0 Å². The van der Waals surface area contributed by atoms with Gasteiger partial charge in [-0.25, -0.2) is 14.8 Å². The van der Waals surface area contributed by atoms with Crippen LogP contribution in [0.1, 0.15) is 37.5 Å². The van der Waals surface area contributed by atoms with Crippen LogP contribution in [-0.2, 0) is 4.74 Å². The molecule has 3 fully saturated rings. The normalized spacial score (nSPS) is 26.3. The molecule has 0 unspecified atom stereocenters. The van der Waals surface area contributed by atoms with Gasteiger partial charge in [0.25, 0.3) is 0 Å². The Bertz CT molecular complexity index is 619. The van der Waals surface area contributed by atoms with Gasteiger partial charge in [-0.1, -0.05) is 0 Å². The van der Waals surface area contributed by atoms with E-state index in [0.717, 1.165) is 31.3 Å². The van der Waals surface area contributed by atoms with E-state index in [1.165, 1.54) is 31.4 Å². The molecular formula is C18H27N5O2S. The average Bonchev–Trinajstić information content (AvgIpc) is 3.40. The van der Waals surface area contributed by atoms with Crippen LogP contribution in [0.15, 0.2) is 12.3 Å². The number of nitrogens with zero attached hydrogens (tertiary/aromatic N) is 4. The number of morpholine rings is 1. The summed E-state index contributed by atoms with van der Waals surface area (Å²) in [4.78, 5) is 25.7. The maximum absolute atomic E-state index is 12.5. The van der Waals surface area contributed by atoms with Crippen molar-refractivity contribution in [1.82, 2.24) is 20.2 Å². The van der Waals surface area contributed by atoms with Crippen molar-refractivity contribution < 1.29 is 9.53 Å². The van der Waals surface area contributed by atoms with Crippen molar-refractivity contribution >= 4 is 23.7 Å². The molecule has 2 amide bonds. The number of amides is 2. The van der Waals surface area contributed by atoms with Crippen molar-refractivity contribution in [3.63, 3.8) is 0 Å². The minimum Gasteiger partial charge on any atom is -0.368 e. The lowest BCUT2D eigenvalue weighted by Crippen LogP contribution is -2.48. The highest BCUT2D eigenvalue weighted by atomic mass is 32.2. The maximum atomic E-state index is 12.5. The molecule has 3 aliphatic heterocycles. The first-order valence-electron chi connectivity index (χ1n) is 9.63. The first-order valence-corrected chi connectivity index (χ1v) is 10.7. The Kier molecular flexibility index (Phi) is 5.79. The molecule has 0 spiro atoms. The van der Waals surface area contributed by atoms with Crippen molar-refractivity contribution in [2.45, 2.75) is 37.0 Å². The standard InChI is InChI=1S/C18H27N5O2S/c24-18(20-12-14-4-3-11-26-14)23-9-10-25-16(13-23)15-5-6-19-17(21-15)22-7-1-2-8-22/h5-6,14,16H,1-4,7-13H2,(H,20,24)/t14-,16-/m1/s1. The molecule has 0 radical (unpaired) electrons. The van der Waals surface area contributed by atoms with Crippen LogP contribution in [0.25, 0.3) is 0 Å². The predicted molar refractivity (Wildman–Crippen MR) is 103 cm³/mol. The van der Waals surface area contributed by atoms with Gasteiger partial charge >= 0.3 is 6.03 Å². The molecule has 8 heteroatoms. The number of carbonyl (C=O) groups is 1. The summed E-state index contributed by atoms with van der Waals surface area (Å²) in [6.45, 7) is 4.51. The minimum atomic E-state index is -0.181. The Morgan fingerprint density at radius 2 is 2.19 bits per heavy atom. The summed E-state index contributed by atoms with van der Waals surface area (Å²) >= 11 is 1.96. The molecule has 0 bridgehead atoms. The fourth-order valence-corrected chi connectivity index (χ4v) is 4.94. The molecule has 4 rings (SSSR count). The fraction of sp³-hybridized carbons (Fsp3) is 0.722. The van der Waals surface area contributed by atoms with E-state index in [0.29, 0.717) is 24.9 Å². The van der Waals surface area contributed by atoms with Gasteiger partial charge in [0.15, 0.2) is 0 Å². The van der Waals surface area contributed by atoms with E-state index in [9.17, 15) is 4.79 Å². The van der Waals surface area contributed by atoms with Crippen LogP contribution in [-0.4, -0.2) is 71.2 Å². The van der Waals surface area contributed by atoms with E-state index in [2.05, 4.69) is 15.2 Å². The number of carbonyl (C=O) groups excluding carboxylic acids is 1. The van der Waals surface area contributed by atoms with Crippen LogP contribution in [0.2, 0.25) is 0 Å². The molecule has 7 nitrogen and oxygen atoms in total. The Morgan fingerprint density at radius 1 is 1.31 bits per heavy atom. The van der Waals surface area contributed by atoms with Crippen LogP contribution in [0.5, 0.6) is 0 Å². The third-order valence-electron chi connectivity index (χ3n) is 5.24. The Labute approximate surface area is 158 Å². The second kappa shape index (κ2) is 8.43. The third kappa shape index (κ3) is 4.23. The van der Waals surface area contributed by atoms with Crippen LogP contribution < -0.4 is 10.2 Å². The summed E-state index contributed by atoms with van der Waals surface area (Å²) < 4.78 is 5.91. The topological polar surface area (TPSA) is 70.6 Å². The lowest BCUT2D eigenvalue weighted by atomic mass is 10.2. The molecule has 4 heterocycles. The lowest BCUT2D eigenvalue weighted by Gasteiger charge is -2.33. The third-order valence-corrected chi connectivity index (χ3v) is 6.64. The molecule has 1 aromatic rings. The molecule has 142 valence electrons. The summed E-state index contributed by atoms with van der Waals surface area (Å²) in [7, 11) is 0. The molecule has 2 atom stereocenters. The number of ether oxygens (including phenoxy) is 1. The number of hydrogen-bond donors (Lipinski definition) is 1. The zero-order valence-electron chi connectivity index (χ0n) is 15.1. The van der Waals surface area contributed by atoms with Gasteiger partial charge in [-0.2, -0.15) is 11.8 Å². The van der Waals surface area contributed by atoms with E-state index in [-0.39, 0.29) is 12.1 Å². The smallest absolute Gasteiger partial charge is 0.317 e. The number of rotatable bonds is 4. The highest BCUT2D eigenvalue weighted by Crippen LogP contribution is 2.26. The molecule has 1 N–H and O–H groups in total. The van der Waals surface area contributed by atoms with Gasteiger partial charge < -0.3 is 19.9 Å². The first-order chi connectivity index (χ1) is 12.8. The van der Waals surface area contributed by atoms with Crippen LogP contribution >= 0.6 is 11.8 Å². The van der Waals surface area contributed by atoms with Crippen molar-refractivity contribution in [2.75, 3.05) is 50.0 Å². The SMILES string of the molecule is O=C(NC[C@H]1CCCS1)N1CCO[C@@H](c2ccnc(N3CCCC3)n2)C1. The maximum Gasteiger partial charge on any atom is 0.317 e. The summed E-state index contributed by atoms with van der Waals surface area (Å²) in [6, 6.07) is 1.92. The zero-order valence-corrected chi connectivity index (χ0v) is 15.9. The van der Waals surface area contributed by atoms with Gasteiger partial charge in [-0.05, 0) is 37.5 Å². The molecule has 0 aromatic carbocycles. The highest BCUT2D eigenvalue weighted by molar-refractivity contribution is 8.00. The van der Waals surface area contributed by atoms with Crippen LogP contribution in [0.4, 0.5) is 10.7 Å². The average molecular weight is 378 g/mol. The minimum absolute atomic E-state index is 0.0135. The van der Waals surface area contributed by atoms with E-state index >= 15 is 0 Å². The van der Waals surface area contributed by atoms with Gasteiger partial charge in [0, 0.05) is 37.6 Å².